The molecule has 0 fully saturated rings. The van der Waals surface area contributed by atoms with E-state index >= 15 is 0 Å². The summed E-state index contributed by atoms with van der Waals surface area (Å²) in [5.74, 6) is -1.43. The van der Waals surface area contributed by atoms with E-state index in [2.05, 4.69) is 0 Å². The molecule has 0 radical (unpaired) electrons. The van der Waals surface area contributed by atoms with Crippen LogP contribution < -0.4 is 10.5 Å². The molecular weight excluding hydrogens is 164 g/mol. The number of halogens is 2. The summed E-state index contributed by atoms with van der Waals surface area (Å²) in [4.78, 5) is 0. The van der Waals surface area contributed by atoms with Crippen LogP contribution in [0.2, 0.25) is 0 Å². The van der Waals surface area contributed by atoms with Crippen molar-refractivity contribution in [3.63, 3.8) is 0 Å². The molecule has 1 aliphatic rings. The van der Waals surface area contributed by atoms with E-state index in [1.807, 2.05) is 0 Å². The third kappa shape index (κ3) is 0.956. The van der Waals surface area contributed by atoms with E-state index in [-0.39, 0.29) is 12.6 Å². The van der Waals surface area contributed by atoms with Gasteiger partial charge in [-0.15, -0.1) is 0 Å². The van der Waals surface area contributed by atoms with Gasteiger partial charge in [0.1, 0.15) is 12.4 Å². The minimum atomic E-state index is -0.900. The fraction of sp³-hybridized carbons (Fsp3) is 0.250. The first-order valence-electron chi connectivity index (χ1n) is 3.56. The largest absolute Gasteiger partial charge is 0.491 e. The second-order valence-electron chi connectivity index (χ2n) is 2.72. The third-order valence-corrected chi connectivity index (χ3v) is 1.87. The van der Waals surface area contributed by atoms with Crippen LogP contribution in [0.1, 0.15) is 11.6 Å². The predicted octanol–water partition coefficient (Wildman–Crippen LogP) is 1.36. The van der Waals surface area contributed by atoms with Crippen LogP contribution in [0.4, 0.5) is 8.78 Å². The molecule has 1 aromatic carbocycles. The second kappa shape index (κ2) is 2.42. The first-order valence-corrected chi connectivity index (χ1v) is 3.56. The summed E-state index contributed by atoms with van der Waals surface area (Å²) in [6, 6.07) is 1.77. The summed E-state index contributed by atoms with van der Waals surface area (Å²) < 4.78 is 30.3. The minimum absolute atomic E-state index is 0.290. The molecule has 1 unspecified atom stereocenters. The van der Waals surface area contributed by atoms with Crippen molar-refractivity contribution in [1.82, 2.24) is 0 Å². The standard InChI is InChI=1S/C8H7F2NO/c9-5-1-4-7(11)3-12-8(4)2-6(5)10/h1-2,7H,3,11H2. The molecular formula is C8H7F2NO. The van der Waals surface area contributed by atoms with Crippen LogP contribution in [-0.4, -0.2) is 6.61 Å². The summed E-state index contributed by atoms with van der Waals surface area (Å²) in [6.45, 7) is 0.290. The highest BCUT2D eigenvalue weighted by molar-refractivity contribution is 5.40. The van der Waals surface area contributed by atoms with Crippen LogP contribution >= 0.6 is 0 Å². The average molecular weight is 171 g/mol. The molecule has 0 amide bonds. The molecule has 1 aliphatic heterocycles. The summed E-state index contributed by atoms with van der Waals surface area (Å²) in [5, 5.41) is 0. The van der Waals surface area contributed by atoms with Gasteiger partial charge in [-0.2, -0.15) is 0 Å². The number of fused-ring (bicyclic) bond motifs is 1. The van der Waals surface area contributed by atoms with Crippen molar-refractivity contribution in [2.75, 3.05) is 6.61 Å². The third-order valence-electron chi connectivity index (χ3n) is 1.87. The van der Waals surface area contributed by atoms with Crippen molar-refractivity contribution in [2.45, 2.75) is 6.04 Å². The Kier molecular flexibility index (Phi) is 1.51. The molecule has 0 bridgehead atoms. The van der Waals surface area contributed by atoms with E-state index in [0.29, 0.717) is 11.3 Å². The normalized spacial score (nSPS) is 20.4. The zero-order valence-corrected chi connectivity index (χ0v) is 6.18. The Morgan fingerprint density at radius 1 is 1.33 bits per heavy atom. The van der Waals surface area contributed by atoms with Crippen molar-refractivity contribution < 1.29 is 13.5 Å². The quantitative estimate of drug-likeness (QED) is 0.639. The lowest BCUT2D eigenvalue weighted by molar-refractivity contribution is 0.331. The number of benzene rings is 1. The topological polar surface area (TPSA) is 35.2 Å². The molecule has 1 aromatic rings. The molecule has 4 heteroatoms. The van der Waals surface area contributed by atoms with Gasteiger partial charge in [0.25, 0.3) is 0 Å². The van der Waals surface area contributed by atoms with Gasteiger partial charge >= 0.3 is 0 Å². The minimum Gasteiger partial charge on any atom is -0.491 e. The van der Waals surface area contributed by atoms with Crippen LogP contribution in [0.3, 0.4) is 0 Å². The van der Waals surface area contributed by atoms with Gasteiger partial charge in [-0.05, 0) is 6.07 Å². The second-order valence-corrected chi connectivity index (χ2v) is 2.72. The molecule has 2 N–H and O–H groups in total. The highest BCUT2D eigenvalue weighted by atomic mass is 19.2. The lowest BCUT2D eigenvalue weighted by Gasteiger charge is -2.00. The zero-order chi connectivity index (χ0) is 8.72. The monoisotopic (exact) mass is 171 g/mol. The molecule has 0 aliphatic carbocycles. The molecule has 0 aromatic heterocycles. The van der Waals surface area contributed by atoms with Crippen molar-refractivity contribution in [3.8, 4) is 5.75 Å². The van der Waals surface area contributed by atoms with Gasteiger partial charge in [-0.25, -0.2) is 8.78 Å². The summed E-state index contributed by atoms with van der Waals surface area (Å²) in [6.07, 6.45) is 0. The number of nitrogens with two attached hydrogens (primary N) is 1. The Hall–Kier alpha value is -1.16. The Bertz CT molecular complexity index is 327. The van der Waals surface area contributed by atoms with Crippen LogP contribution in [-0.2, 0) is 0 Å². The molecule has 1 atom stereocenters. The van der Waals surface area contributed by atoms with Crippen LogP contribution in [0.5, 0.6) is 5.75 Å². The summed E-state index contributed by atoms with van der Waals surface area (Å²) >= 11 is 0. The predicted molar refractivity (Wildman–Crippen MR) is 38.8 cm³/mol. The van der Waals surface area contributed by atoms with Crippen molar-refractivity contribution >= 4 is 0 Å². The van der Waals surface area contributed by atoms with E-state index in [0.717, 1.165) is 12.1 Å². The molecule has 64 valence electrons. The van der Waals surface area contributed by atoms with Gasteiger partial charge in [0.2, 0.25) is 0 Å². The van der Waals surface area contributed by atoms with E-state index < -0.39 is 11.6 Å². The fourth-order valence-electron chi connectivity index (χ4n) is 1.23. The maximum atomic E-state index is 12.7. The van der Waals surface area contributed by atoms with Gasteiger partial charge in [0, 0.05) is 11.6 Å². The van der Waals surface area contributed by atoms with Crippen molar-refractivity contribution in [3.05, 3.63) is 29.3 Å². The molecule has 0 saturated carbocycles. The number of hydrogen-bond donors (Lipinski definition) is 1. The Labute approximate surface area is 67.9 Å². The molecule has 2 rings (SSSR count). The van der Waals surface area contributed by atoms with Gasteiger partial charge < -0.3 is 10.5 Å². The molecule has 1 heterocycles. The van der Waals surface area contributed by atoms with Crippen molar-refractivity contribution in [1.29, 1.82) is 0 Å². The highest BCUT2D eigenvalue weighted by Gasteiger charge is 2.22. The van der Waals surface area contributed by atoms with Crippen LogP contribution in [0, 0.1) is 11.6 Å². The van der Waals surface area contributed by atoms with Gasteiger partial charge in [0.15, 0.2) is 11.6 Å². The Morgan fingerprint density at radius 3 is 2.75 bits per heavy atom. The smallest absolute Gasteiger partial charge is 0.162 e. The highest BCUT2D eigenvalue weighted by Crippen LogP contribution is 2.32. The maximum Gasteiger partial charge on any atom is 0.162 e. The number of ether oxygens (including phenoxy) is 1. The fourth-order valence-corrected chi connectivity index (χ4v) is 1.23. The van der Waals surface area contributed by atoms with E-state index in [1.54, 1.807) is 0 Å². The summed E-state index contributed by atoms with van der Waals surface area (Å²) in [5.41, 5.74) is 6.09. The number of rotatable bonds is 0. The number of hydrogen-bond acceptors (Lipinski definition) is 2. The first kappa shape index (κ1) is 7.49. The van der Waals surface area contributed by atoms with Gasteiger partial charge in [-0.1, -0.05) is 0 Å². The lowest BCUT2D eigenvalue weighted by atomic mass is 10.1. The maximum absolute atomic E-state index is 12.7. The Morgan fingerprint density at radius 2 is 2.00 bits per heavy atom. The van der Waals surface area contributed by atoms with Gasteiger partial charge in [-0.3, -0.25) is 0 Å². The molecule has 0 spiro atoms. The van der Waals surface area contributed by atoms with Gasteiger partial charge in [0.05, 0.1) is 6.04 Å². The van der Waals surface area contributed by atoms with Crippen molar-refractivity contribution in [2.24, 2.45) is 5.73 Å². The zero-order valence-electron chi connectivity index (χ0n) is 6.18. The first-order chi connectivity index (χ1) is 5.68. The SMILES string of the molecule is NC1COc2cc(F)c(F)cc21. The summed E-state index contributed by atoms with van der Waals surface area (Å²) in [7, 11) is 0. The Balaban J connectivity index is 2.56. The van der Waals surface area contributed by atoms with E-state index in [9.17, 15) is 8.78 Å². The van der Waals surface area contributed by atoms with Crippen LogP contribution in [0.25, 0.3) is 0 Å². The van der Waals surface area contributed by atoms with E-state index in [1.165, 1.54) is 0 Å². The molecule has 0 saturated heterocycles. The average Bonchev–Trinajstić information content (AvgIpc) is 2.35. The lowest BCUT2D eigenvalue weighted by Crippen LogP contribution is -2.10. The van der Waals surface area contributed by atoms with Crippen LogP contribution in [0.15, 0.2) is 12.1 Å². The molecule has 12 heavy (non-hydrogen) atoms. The molecule has 2 nitrogen and oxygen atoms in total. The van der Waals surface area contributed by atoms with E-state index in [4.69, 9.17) is 10.5 Å².